The van der Waals surface area contributed by atoms with Crippen LogP contribution in [0.1, 0.15) is 27.2 Å². The molecule has 0 aliphatic carbocycles. The Hall–Kier alpha value is -2.25. The van der Waals surface area contributed by atoms with Crippen LogP contribution in [0.2, 0.25) is 0 Å². The van der Waals surface area contributed by atoms with Gasteiger partial charge in [0.05, 0.1) is 6.61 Å². The van der Waals surface area contributed by atoms with Crippen LogP contribution in [0.4, 0.5) is 5.95 Å². The van der Waals surface area contributed by atoms with Crippen molar-refractivity contribution in [2.45, 2.75) is 27.2 Å². The number of hydrogen-bond acceptors (Lipinski definition) is 7. The van der Waals surface area contributed by atoms with Crippen LogP contribution in [0.25, 0.3) is 5.95 Å². The van der Waals surface area contributed by atoms with E-state index in [0.717, 1.165) is 6.42 Å². The first-order valence-corrected chi connectivity index (χ1v) is 5.93. The molecule has 2 N–H and O–H groups in total. The summed E-state index contributed by atoms with van der Waals surface area (Å²) in [6.45, 7) is 6.93. The third kappa shape index (κ3) is 3.87. The van der Waals surface area contributed by atoms with Crippen molar-refractivity contribution in [1.29, 1.82) is 0 Å². The van der Waals surface area contributed by atoms with Crippen molar-refractivity contribution in [3.05, 3.63) is 12.7 Å². The van der Waals surface area contributed by atoms with Crippen LogP contribution >= 0.6 is 0 Å². The van der Waals surface area contributed by atoms with E-state index in [9.17, 15) is 0 Å². The van der Waals surface area contributed by atoms with E-state index in [0.29, 0.717) is 6.61 Å². The fraction of sp³-hybridized carbons (Fsp3) is 0.545. The van der Waals surface area contributed by atoms with Crippen LogP contribution in [0.3, 0.4) is 0 Å². The number of nitrogens with zero attached hydrogens (tertiary/aromatic N) is 6. The number of rotatable bonds is 4. The molecule has 8 nitrogen and oxygen atoms in total. The van der Waals surface area contributed by atoms with E-state index < -0.39 is 0 Å². The Bertz CT molecular complexity index is 532. The maximum atomic E-state index is 5.62. The lowest BCUT2D eigenvalue weighted by molar-refractivity contribution is 0.228. The highest BCUT2D eigenvalue weighted by Gasteiger charge is 2.12. The van der Waals surface area contributed by atoms with E-state index in [2.05, 4.69) is 45.8 Å². The van der Waals surface area contributed by atoms with Gasteiger partial charge in [-0.15, -0.1) is 0 Å². The highest BCUT2D eigenvalue weighted by molar-refractivity contribution is 5.23. The fourth-order valence-corrected chi connectivity index (χ4v) is 1.29. The molecule has 8 heteroatoms. The topological polar surface area (TPSA) is 105 Å². The number of anilines is 1. The Labute approximate surface area is 111 Å². The number of nitrogen functional groups attached to an aromatic ring is 1. The quantitative estimate of drug-likeness (QED) is 0.871. The van der Waals surface area contributed by atoms with Gasteiger partial charge < -0.3 is 10.5 Å². The molecule has 0 fully saturated rings. The van der Waals surface area contributed by atoms with Gasteiger partial charge >= 0.3 is 6.01 Å². The molecule has 0 radical (unpaired) electrons. The van der Waals surface area contributed by atoms with Gasteiger partial charge in [0.2, 0.25) is 5.95 Å². The summed E-state index contributed by atoms with van der Waals surface area (Å²) >= 11 is 0. The average molecular weight is 263 g/mol. The summed E-state index contributed by atoms with van der Waals surface area (Å²) in [4.78, 5) is 15.9. The molecule has 0 amide bonds. The predicted octanol–water partition coefficient (Wildman–Crippen LogP) is 0.850. The molecule has 0 aliphatic heterocycles. The fourth-order valence-electron chi connectivity index (χ4n) is 1.29. The van der Waals surface area contributed by atoms with Gasteiger partial charge in [-0.3, -0.25) is 0 Å². The molecule has 2 aromatic rings. The zero-order chi connectivity index (χ0) is 13.9. The highest BCUT2D eigenvalue weighted by atomic mass is 16.5. The molecule has 0 aromatic carbocycles. The molecule has 19 heavy (non-hydrogen) atoms. The van der Waals surface area contributed by atoms with Crippen molar-refractivity contribution < 1.29 is 4.74 Å². The van der Waals surface area contributed by atoms with E-state index in [4.69, 9.17) is 10.5 Å². The molecule has 0 atom stereocenters. The lowest BCUT2D eigenvalue weighted by Crippen LogP contribution is -2.14. The summed E-state index contributed by atoms with van der Waals surface area (Å²) < 4.78 is 6.90. The van der Waals surface area contributed by atoms with Crippen LogP contribution in [0, 0.1) is 5.41 Å². The lowest BCUT2D eigenvalue weighted by atomic mass is 9.93. The van der Waals surface area contributed by atoms with Crippen molar-refractivity contribution >= 4 is 5.95 Å². The van der Waals surface area contributed by atoms with E-state index in [1.54, 1.807) is 0 Å². The van der Waals surface area contributed by atoms with Gasteiger partial charge in [0, 0.05) is 0 Å². The molecule has 2 rings (SSSR count). The molecule has 2 aromatic heterocycles. The Morgan fingerprint density at radius 3 is 2.68 bits per heavy atom. The van der Waals surface area contributed by atoms with E-state index >= 15 is 0 Å². The molecule has 0 bridgehead atoms. The molecule has 0 unspecified atom stereocenters. The van der Waals surface area contributed by atoms with Gasteiger partial charge in [-0.2, -0.15) is 24.7 Å². The van der Waals surface area contributed by atoms with Crippen LogP contribution < -0.4 is 10.5 Å². The second-order valence-corrected chi connectivity index (χ2v) is 5.28. The van der Waals surface area contributed by atoms with Crippen LogP contribution in [0.5, 0.6) is 6.01 Å². The van der Waals surface area contributed by atoms with Crippen molar-refractivity contribution in [3.63, 3.8) is 0 Å². The Balaban J connectivity index is 2.09. The minimum Gasteiger partial charge on any atom is -0.463 e. The SMILES string of the molecule is CC(C)(C)CCOc1nc(N)nc(-n2cncn2)n1. The van der Waals surface area contributed by atoms with Gasteiger partial charge in [-0.05, 0) is 11.8 Å². The number of hydrogen-bond donors (Lipinski definition) is 1. The third-order valence-corrected chi connectivity index (χ3v) is 2.33. The van der Waals surface area contributed by atoms with Gasteiger partial charge in [-0.25, -0.2) is 4.98 Å². The Morgan fingerprint density at radius 1 is 1.26 bits per heavy atom. The average Bonchev–Trinajstić information content (AvgIpc) is 2.79. The van der Waals surface area contributed by atoms with Gasteiger partial charge in [0.15, 0.2) is 0 Å². The smallest absolute Gasteiger partial charge is 0.323 e. The van der Waals surface area contributed by atoms with E-state index in [1.165, 1.54) is 17.3 Å². The first-order chi connectivity index (χ1) is 8.94. The second-order valence-electron chi connectivity index (χ2n) is 5.28. The van der Waals surface area contributed by atoms with Gasteiger partial charge in [-0.1, -0.05) is 20.8 Å². The number of nitrogens with two attached hydrogens (primary N) is 1. The van der Waals surface area contributed by atoms with Crippen LogP contribution in [-0.2, 0) is 0 Å². The summed E-state index contributed by atoms with van der Waals surface area (Å²) in [5, 5.41) is 3.93. The first kappa shape index (κ1) is 13.2. The van der Waals surface area contributed by atoms with Crippen molar-refractivity contribution in [1.82, 2.24) is 29.7 Å². The monoisotopic (exact) mass is 263 g/mol. The summed E-state index contributed by atoms with van der Waals surface area (Å²) in [6, 6.07) is 0.197. The van der Waals surface area contributed by atoms with Gasteiger partial charge in [0.1, 0.15) is 12.7 Å². The second kappa shape index (κ2) is 5.17. The Morgan fingerprint density at radius 2 is 2.05 bits per heavy atom. The molecular formula is C11H17N7O. The lowest BCUT2D eigenvalue weighted by Gasteiger charge is -2.17. The summed E-state index contributed by atoms with van der Waals surface area (Å²) in [5.74, 6) is 0.377. The molecular weight excluding hydrogens is 246 g/mol. The van der Waals surface area contributed by atoms with Crippen LogP contribution in [0.15, 0.2) is 12.7 Å². The van der Waals surface area contributed by atoms with E-state index in [-0.39, 0.29) is 23.3 Å². The van der Waals surface area contributed by atoms with Crippen LogP contribution in [-0.4, -0.2) is 36.3 Å². The van der Waals surface area contributed by atoms with E-state index in [1.807, 2.05) is 0 Å². The predicted molar refractivity (Wildman–Crippen MR) is 68.7 cm³/mol. The maximum Gasteiger partial charge on any atom is 0.323 e. The standard InChI is InChI=1S/C11H17N7O/c1-11(2,3)4-5-19-10-16-8(12)15-9(17-10)18-7-13-6-14-18/h6-7H,4-5H2,1-3H3,(H2,12,15,16,17). The Kier molecular flexibility index (Phi) is 3.59. The highest BCUT2D eigenvalue weighted by Crippen LogP contribution is 2.18. The minimum absolute atomic E-state index is 0.0891. The molecule has 0 spiro atoms. The summed E-state index contributed by atoms with van der Waals surface area (Å²) in [7, 11) is 0. The molecule has 2 heterocycles. The van der Waals surface area contributed by atoms with Crippen molar-refractivity contribution in [3.8, 4) is 12.0 Å². The number of ether oxygens (including phenoxy) is 1. The minimum atomic E-state index is 0.0891. The third-order valence-electron chi connectivity index (χ3n) is 2.33. The molecule has 102 valence electrons. The zero-order valence-corrected chi connectivity index (χ0v) is 11.2. The van der Waals surface area contributed by atoms with Gasteiger partial charge in [0.25, 0.3) is 5.95 Å². The normalized spacial score (nSPS) is 11.5. The molecule has 0 aliphatic rings. The summed E-state index contributed by atoms with van der Waals surface area (Å²) in [5.41, 5.74) is 5.81. The largest absolute Gasteiger partial charge is 0.463 e. The molecule has 0 saturated heterocycles. The van der Waals surface area contributed by atoms with Crippen molar-refractivity contribution in [2.75, 3.05) is 12.3 Å². The van der Waals surface area contributed by atoms with Crippen molar-refractivity contribution in [2.24, 2.45) is 5.41 Å². The molecule has 0 saturated carbocycles. The number of aromatic nitrogens is 6. The summed E-state index contributed by atoms with van der Waals surface area (Å²) in [6.07, 6.45) is 3.76. The zero-order valence-electron chi connectivity index (χ0n) is 11.2. The maximum absolute atomic E-state index is 5.62. The first-order valence-electron chi connectivity index (χ1n) is 5.93.